The zero-order valence-electron chi connectivity index (χ0n) is 12.1. The second-order valence-corrected chi connectivity index (χ2v) is 6.01. The van der Waals surface area contributed by atoms with Crippen LogP contribution in [-0.2, 0) is 6.42 Å². The number of para-hydroxylation sites is 1. The highest BCUT2D eigenvalue weighted by molar-refractivity contribution is 5.49. The minimum atomic E-state index is -0.701. The molecular formula is C17H19NO2. The Morgan fingerprint density at radius 1 is 1.25 bits per heavy atom. The van der Waals surface area contributed by atoms with E-state index in [9.17, 15) is 5.11 Å². The molecule has 1 aromatic carbocycles. The summed E-state index contributed by atoms with van der Waals surface area (Å²) in [4.78, 5) is 4.11. The number of pyridine rings is 1. The average molecular weight is 269 g/mol. The molecule has 0 saturated carbocycles. The predicted octanol–water partition coefficient (Wildman–Crippen LogP) is 3.19. The van der Waals surface area contributed by atoms with Crippen LogP contribution < -0.4 is 4.74 Å². The van der Waals surface area contributed by atoms with E-state index in [-0.39, 0.29) is 5.60 Å². The van der Waals surface area contributed by atoms with Crippen molar-refractivity contribution in [3.63, 3.8) is 0 Å². The van der Waals surface area contributed by atoms with Crippen LogP contribution in [0.2, 0.25) is 0 Å². The number of aliphatic hydroxyl groups excluding tert-OH is 1. The number of hydrogen-bond acceptors (Lipinski definition) is 3. The largest absolute Gasteiger partial charge is 0.487 e. The van der Waals surface area contributed by atoms with Crippen molar-refractivity contribution in [1.29, 1.82) is 0 Å². The molecule has 0 spiro atoms. The Balaban J connectivity index is 2.05. The van der Waals surface area contributed by atoms with Gasteiger partial charge < -0.3 is 9.84 Å². The van der Waals surface area contributed by atoms with Crippen LogP contribution in [0.5, 0.6) is 5.75 Å². The van der Waals surface area contributed by atoms with Crippen molar-refractivity contribution in [3.8, 4) is 5.75 Å². The zero-order valence-corrected chi connectivity index (χ0v) is 12.1. The molecule has 1 aliphatic heterocycles. The summed E-state index contributed by atoms with van der Waals surface area (Å²) in [5.41, 5.74) is 3.64. The van der Waals surface area contributed by atoms with E-state index in [1.54, 1.807) is 12.4 Å². The lowest BCUT2D eigenvalue weighted by molar-refractivity contribution is 0.131. The molecule has 1 N–H and O–H groups in total. The van der Waals surface area contributed by atoms with E-state index in [1.165, 1.54) is 0 Å². The van der Waals surface area contributed by atoms with E-state index in [1.807, 2.05) is 25.1 Å². The third-order valence-electron chi connectivity index (χ3n) is 3.79. The van der Waals surface area contributed by atoms with Crippen molar-refractivity contribution in [2.75, 3.05) is 0 Å². The Bertz CT molecular complexity index is 649. The number of nitrogens with zero attached hydrogens (tertiary/aromatic N) is 1. The molecule has 3 nitrogen and oxygen atoms in total. The van der Waals surface area contributed by atoms with Crippen LogP contribution in [-0.4, -0.2) is 15.7 Å². The molecule has 2 aromatic rings. The molecule has 20 heavy (non-hydrogen) atoms. The molecule has 3 heteroatoms. The van der Waals surface area contributed by atoms with Crippen LogP contribution >= 0.6 is 0 Å². The number of fused-ring (bicyclic) bond motifs is 1. The molecule has 1 aliphatic rings. The third kappa shape index (κ3) is 2.18. The topological polar surface area (TPSA) is 42.4 Å². The number of rotatable bonds is 2. The minimum Gasteiger partial charge on any atom is -0.487 e. The van der Waals surface area contributed by atoms with Gasteiger partial charge in [0.2, 0.25) is 0 Å². The molecule has 0 aliphatic carbocycles. The molecule has 0 bridgehead atoms. The summed E-state index contributed by atoms with van der Waals surface area (Å²) >= 11 is 0. The van der Waals surface area contributed by atoms with E-state index in [2.05, 4.69) is 24.9 Å². The second-order valence-electron chi connectivity index (χ2n) is 6.01. The molecule has 0 saturated heterocycles. The lowest BCUT2D eigenvalue weighted by Gasteiger charge is -2.20. The second kappa shape index (κ2) is 4.60. The first-order valence-electron chi connectivity index (χ1n) is 6.87. The lowest BCUT2D eigenvalue weighted by atomic mass is 9.95. The highest BCUT2D eigenvalue weighted by Gasteiger charge is 2.33. The molecule has 0 fully saturated rings. The summed E-state index contributed by atoms with van der Waals surface area (Å²) in [5.74, 6) is 0.827. The van der Waals surface area contributed by atoms with Gasteiger partial charge in [0.1, 0.15) is 17.5 Å². The van der Waals surface area contributed by atoms with Gasteiger partial charge in [-0.05, 0) is 38.0 Å². The monoisotopic (exact) mass is 269 g/mol. The van der Waals surface area contributed by atoms with Crippen LogP contribution in [0.15, 0.2) is 36.7 Å². The molecule has 0 amide bonds. The molecule has 2 heterocycles. The Kier molecular flexibility index (Phi) is 3.02. The van der Waals surface area contributed by atoms with Crippen molar-refractivity contribution >= 4 is 0 Å². The highest BCUT2D eigenvalue weighted by Crippen LogP contribution is 2.41. The van der Waals surface area contributed by atoms with Crippen molar-refractivity contribution in [1.82, 2.24) is 4.98 Å². The summed E-state index contributed by atoms with van der Waals surface area (Å²) < 4.78 is 6.03. The van der Waals surface area contributed by atoms with E-state index in [4.69, 9.17) is 4.74 Å². The van der Waals surface area contributed by atoms with Gasteiger partial charge in [-0.25, -0.2) is 0 Å². The van der Waals surface area contributed by atoms with Crippen LogP contribution in [0.3, 0.4) is 0 Å². The molecule has 1 unspecified atom stereocenters. The van der Waals surface area contributed by atoms with Gasteiger partial charge in [-0.3, -0.25) is 4.98 Å². The molecule has 104 valence electrons. The smallest absolute Gasteiger partial charge is 0.129 e. The van der Waals surface area contributed by atoms with Crippen LogP contribution in [0, 0.1) is 6.92 Å². The fourth-order valence-corrected chi connectivity index (χ4v) is 2.78. The Morgan fingerprint density at radius 2 is 2.05 bits per heavy atom. The van der Waals surface area contributed by atoms with E-state index in [0.29, 0.717) is 0 Å². The summed E-state index contributed by atoms with van der Waals surface area (Å²) in [6, 6.07) is 7.88. The molecule has 1 atom stereocenters. The van der Waals surface area contributed by atoms with Gasteiger partial charge >= 0.3 is 0 Å². The Hall–Kier alpha value is -1.87. The summed E-state index contributed by atoms with van der Waals surface area (Å²) in [6.07, 6.45) is 3.63. The minimum absolute atomic E-state index is 0.206. The molecule has 1 aromatic heterocycles. The standard InChI is InChI=1S/C17H19NO2/c1-11-7-8-18-10-14(11)15(19)13-6-4-5-12-9-17(2,3)20-16(12)13/h4-8,10,15,19H,9H2,1-3H3. The molecular weight excluding hydrogens is 250 g/mol. The highest BCUT2D eigenvalue weighted by atomic mass is 16.5. The molecule has 0 radical (unpaired) electrons. The third-order valence-corrected chi connectivity index (χ3v) is 3.79. The van der Waals surface area contributed by atoms with E-state index < -0.39 is 6.10 Å². The number of hydrogen-bond donors (Lipinski definition) is 1. The maximum Gasteiger partial charge on any atom is 0.129 e. The van der Waals surface area contributed by atoms with Gasteiger partial charge in [0, 0.05) is 29.9 Å². The van der Waals surface area contributed by atoms with Gasteiger partial charge in [0.15, 0.2) is 0 Å². The van der Waals surface area contributed by atoms with E-state index in [0.717, 1.165) is 34.4 Å². The van der Waals surface area contributed by atoms with Gasteiger partial charge in [0.05, 0.1) is 0 Å². The summed E-state index contributed by atoms with van der Waals surface area (Å²) in [5, 5.41) is 10.7. The van der Waals surface area contributed by atoms with Gasteiger partial charge in [-0.2, -0.15) is 0 Å². The fourth-order valence-electron chi connectivity index (χ4n) is 2.78. The average Bonchev–Trinajstić information content (AvgIpc) is 2.72. The lowest BCUT2D eigenvalue weighted by Crippen LogP contribution is -2.25. The Morgan fingerprint density at radius 3 is 2.80 bits per heavy atom. The van der Waals surface area contributed by atoms with Gasteiger partial charge in [0.25, 0.3) is 0 Å². The normalized spacial score (nSPS) is 17.4. The maximum absolute atomic E-state index is 10.7. The SMILES string of the molecule is Cc1ccncc1C(O)c1cccc2c1OC(C)(C)C2. The van der Waals surface area contributed by atoms with Crippen LogP contribution in [0.1, 0.15) is 42.2 Å². The summed E-state index contributed by atoms with van der Waals surface area (Å²) in [7, 11) is 0. The van der Waals surface area contributed by atoms with Crippen molar-refractivity contribution in [3.05, 3.63) is 58.9 Å². The first kappa shape index (κ1) is 13.1. The quantitative estimate of drug-likeness (QED) is 0.910. The van der Waals surface area contributed by atoms with E-state index >= 15 is 0 Å². The van der Waals surface area contributed by atoms with Crippen molar-refractivity contribution < 1.29 is 9.84 Å². The number of aliphatic hydroxyl groups is 1. The number of aromatic nitrogens is 1. The fraction of sp³-hybridized carbons (Fsp3) is 0.353. The Labute approximate surface area is 119 Å². The van der Waals surface area contributed by atoms with Crippen LogP contribution in [0.25, 0.3) is 0 Å². The van der Waals surface area contributed by atoms with Gasteiger partial charge in [-0.1, -0.05) is 18.2 Å². The zero-order chi connectivity index (χ0) is 14.3. The maximum atomic E-state index is 10.7. The first-order valence-corrected chi connectivity index (χ1v) is 6.87. The predicted molar refractivity (Wildman–Crippen MR) is 77.9 cm³/mol. The number of aryl methyl sites for hydroxylation is 1. The van der Waals surface area contributed by atoms with Crippen LogP contribution in [0.4, 0.5) is 0 Å². The van der Waals surface area contributed by atoms with Gasteiger partial charge in [-0.15, -0.1) is 0 Å². The summed E-state index contributed by atoms with van der Waals surface area (Å²) in [6.45, 7) is 6.12. The molecule has 3 rings (SSSR count). The van der Waals surface area contributed by atoms with Crippen molar-refractivity contribution in [2.45, 2.75) is 38.9 Å². The number of ether oxygens (including phenoxy) is 1. The first-order chi connectivity index (χ1) is 9.48. The van der Waals surface area contributed by atoms with Crippen molar-refractivity contribution in [2.24, 2.45) is 0 Å². The number of benzene rings is 1.